The number of amides is 1. The highest BCUT2D eigenvalue weighted by Crippen LogP contribution is 2.43. The Kier molecular flexibility index (Phi) is 14.8. The largest absolute Gasteiger partial charge is 0.455 e. The number of carbonyl (C=O) groups is 4. The Hall–Kier alpha value is -3.30. The lowest BCUT2D eigenvalue weighted by atomic mass is 9.73. The predicted octanol–water partition coefficient (Wildman–Crippen LogP) is 4.91. The summed E-state index contributed by atoms with van der Waals surface area (Å²) in [6, 6.07) is 2.48. The van der Waals surface area contributed by atoms with Crippen LogP contribution >= 0.6 is 0 Å². The molecule has 55 heavy (non-hydrogen) atoms. The van der Waals surface area contributed by atoms with Crippen LogP contribution in [0.1, 0.15) is 93.1 Å². The average Bonchev–Trinajstić information content (AvgIpc) is 3.42. The van der Waals surface area contributed by atoms with E-state index in [4.69, 9.17) is 23.7 Å². The molecule has 4 rings (SSSR count). The van der Waals surface area contributed by atoms with Crippen molar-refractivity contribution in [1.82, 2.24) is 15.2 Å². The van der Waals surface area contributed by atoms with Gasteiger partial charge < -0.3 is 39.0 Å². The van der Waals surface area contributed by atoms with Gasteiger partial charge in [0.25, 0.3) is 5.67 Å². The summed E-state index contributed by atoms with van der Waals surface area (Å²) in [5.74, 6) is -5.76. The summed E-state index contributed by atoms with van der Waals surface area (Å²) in [5, 5.41) is 14.6. The number of aryl methyl sites for hydroxylation is 1. The Morgan fingerprint density at radius 3 is 2.45 bits per heavy atom. The van der Waals surface area contributed by atoms with Crippen LogP contribution in [0, 0.1) is 17.8 Å². The number of hydrogen-bond donors (Lipinski definition) is 2. The predicted molar refractivity (Wildman–Crippen MR) is 202 cm³/mol. The smallest absolute Gasteiger partial charge is 0.410 e. The second kappa shape index (κ2) is 18.3. The van der Waals surface area contributed by atoms with Crippen LogP contribution in [-0.2, 0) is 44.5 Å². The Morgan fingerprint density at radius 1 is 1.13 bits per heavy atom. The number of aliphatic hydroxyl groups excluding tert-OH is 1. The van der Waals surface area contributed by atoms with E-state index in [0.29, 0.717) is 19.4 Å². The molecule has 0 aromatic carbocycles. The first-order chi connectivity index (χ1) is 25.9. The van der Waals surface area contributed by atoms with Gasteiger partial charge in [0.2, 0.25) is 0 Å². The number of cyclic esters (lactones) is 1. The minimum absolute atomic E-state index is 0.000523. The monoisotopic (exact) mass is 775 g/mol. The van der Waals surface area contributed by atoms with Gasteiger partial charge in [-0.25, -0.2) is 14.0 Å². The number of aliphatic hydroxyl groups is 1. The number of ketones is 2. The summed E-state index contributed by atoms with van der Waals surface area (Å²) in [4.78, 5) is 62.0. The first-order valence-electron chi connectivity index (χ1n) is 19.6. The van der Waals surface area contributed by atoms with E-state index in [-0.39, 0.29) is 31.3 Å². The minimum atomic E-state index is -3.17. The van der Waals surface area contributed by atoms with Gasteiger partial charge in [0.05, 0.1) is 23.9 Å². The number of pyridine rings is 1. The molecule has 0 radical (unpaired) electrons. The van der Waals surface area contributed by atoms with Gasteiger partial charge in [-0.05, 0) is 77.8 Å². The highest BCUT2D eigenvalue weighted by Gasteiger charge is 2.61. The van der Waals surface area contributed by atoms with E-state index < -0.39 is 89.2 Å². The number of methoxy groups -OCH3 is 1. The maximum absolute atomic E-state index is 16.8. The van der Waals surface area contributed by atoms with Crippen molar-refractivity contribution in [1.29, 1.82) is 0 Å². The van der Waals surface area contributed by atoms with E-state index in [1.807, 2.05) is 19.1 Å². The van der Waals surface area contributed by atoms with Crippen LogP contribution in [0.3, 0.4) is 0 Å². The van der Waals surface area contributed by atoms with Crippen LogP contribution in [0.25, 0.3) is 0 Å². The number of unbranched alkanes of at least 4 members (excludes halogenated alkanes) is 1. The number of Topliss-reactive ketones (excluding diaryl/α,β-unsaturated/α-hetero) is 2. The standard InChI is InChI=1S/C41H62FN3O10/c1-11-18-44-29-21-25(4)52-36(32(29)47)54-35-27(6)34(48)40(8,42)37(49)53-30(12-2)41(9)33(26(5)31(46)24(3)22-39(35,7)51-10)45(38(50)55-41)20-14-13-16-28-17-15-19-43-23-28/h11,15,17,19,23-27,29-30,32-33,35-36,44,47H,1,12-14,16,18,20-22H2,2-10H3/t24-,25-,26+,27-,29+,30-,32+,33?,35-,36+,39-,40+,41-/m1/s1. The Morgan fingerprint density at radius 2 is 1.84 bits per heavy atom. The summed E-state index contributed by atoms with van der Waals surface area (Å²) < 4.78 is 47.2. The SMILES string of the molecule is C=CCN[C@H]1C[C@@H](C)O[C@@H](O[C@@H]2[C@H](C)C(=O)[C@](C)(F)C(=O)O[C@H](CC)[C@@]3(C)OC(=O)N(CCCCc4cccnc4)C3[C@@H](C)C(=O)[C@H](C)C[C@@]2(C)OC)[C@H]1O. The van der Waals surface area contributed by atoms with Crippen molar-refractivity contribution in [3.05, 3.63) is 42.7 Å². The number of nitrogens with zero attached hydrogens (tertiary/aromatic N) is 2. The van der Waals surface area contributed by atoms with Gasteiger partial charge in [0.15, 0.2) is 17.7 Å². The van der Waals surface area contributed by atoms with E-state index in [1.165, 1.54) is 18.9 Å². The summed E-state index contributed by atoms with van der Waals surface area (Å²) in [6.45, 7) is 16.9. The maximum atomic E-state index is 16.8. The molecule has 2 N–H and O–H groups in total. The molecule has 308 valence electrons. The number of esters is 1. The molecule has 1 aromatic rings. The molecule has 3 aliphatic rings. The topological polar surface area (TPSA) is 163 Å². The molecule has 0 saturated carbocycles. The molecule has 1 amide bonds. The van der Waals surface area contributed by atoms with Crippen LogP contribution in [0.4, 0.5) is 9.18 Å². The third-order valence-electron chi connectivity index (χ3n) is 11.9. The lowest BCUT2D eigenvalue weighted by Crippen LogP contribution is -2.62. The molecule has 1 unspecified atom stereocenters. The molecule has 3 saturated heterocycles. The van der Waals surface area contributed by atoms with Gasteiger partial charge in [0.1, 0.15) is 18.0 Å². The minimum Gasteiger partial charge on any atom is -0.455 e. The number of rotatable bonds is 12. The number of ether oxygens (including phenoxy) is 5. The zero-order chi connectivity index (χ0) is 40.9. The number of aromatic nitrogens is 1. The van der Waals surface area contributed by atoms with Crippen molar-refractivity contribution in [2.75, 3.05) is 20.2 Å². The van der Waals surface area contributed by atoms with Crippen LogP contribution in [0.15, 0.2) is 37.2 Å². The van der Waals surface area contributed by atoms with Crippen LogP contribution in [0.5, 0.6) is 0 Å². The molecule has 3 aliphatic heterocycles. The van der Waals surface area contributed by atoms with Crippen LogP contribution in [0.2, 0.25) is 0 Å². The third-order valence-corrected chi connectivity index (χ3v) is 11.9. The summed E-state index contributed by atoms with van der Waals surface area (Å²) in [6.07, 6.45) is 1.70. The van der Waals surface area contributed by atoms with Crippen molar-refractivity contribution in [2.24, 2.45) is 17.8 Å². The van der Waals surface area contributed by atoms with Gasteiger partial charge in [-0.2, -0.15) is 0 Å². The van der Waals surface area contributed by atoms with Crippen molar-refractivity contribution in [3.8, 4) is 0 Å². The van der Waals surface area contributed by atoms with E-state index in [2.05, 4.69) is 16.9 Å². The van der Waals surface area contributed by atoms with Crippen LogP contribution < -0.4 is 5.32 Å². The molecule has 0 spiro atoms. The van der Waals surface area contributed by atoms with Gasteiger partial charge in [-0.3, -0.25) is 14.6 Å². The van der Waals surface area contributed by atoms with Gasteiger partial charge in [-0.1, -0.05) is 39.8 Å². The summed E-state index contributed by atoms with van der Waals surface area (Å²) in [5.41, 5.74) is -5.14. The third kappa shape index (κ3) is 9.47. The maximum Gasteiger partial charge on any atom is 0.410 e. The number of carbonyl (C=O) groups excluding carboxylic acids is 4. The second-order valence-electron chi connectivity index (χ2n) is 16.2. The highest BCUT2D eigenvalue weighted by atomic mass is 19.1. The van der Waals surface area contributed by atoms with Crippen molar-refractivity contribution in [3.63, 3.8) is 0 Å². The lowest BCUT2D eigenvalue weighted by Gasteiger charge is -2.46. The summed E-state index contributed by atoms with van der Waals surface area (Å²) >= 11 is 0. The Balaban J connectivity index is 1.74. The van der Waals surface area contributed by atoms with Crippen molar-refractivity contribution < 1.29 is 52.4 Å². The van der Waals surface area contributed by atoms with E-state index in [1.54, 1.807) is 53.1 Å². The second-order valence-corrected chi connectivity index (χ2v) is 16.2. The number of hydrogen-bond acceptors (Lipinski definition) is 12. The molecule has 0 bridgehead atoms. The number of fused-ring (bicyclic) bond motifs is 1. The number of halogens is 1. The molecule has 13 nitrogen and oxygen atoms in total. The van der Waals surface area contributed by atoms with Crippen molar-refractivity contribution in [2.45, 2.75) is 154 Å². The van der Waals surface area contributed by atoms with Gasteiger partial charge in [0, 0.05) is 56.4 Å². The fourth-order valence-electron chi connectivity index (χ4n) is 8.82. The molecule has 13 atom stereocenters. The molecule has 1 aromatic heterocycles. The Bertz CT molecular complexity index is 1510. The Labute approximate surface area is 325 Å². The van der Waals surface area contributed by atoms with Crippen molar-refractivity contribution >= 4 is 23.6 Å². The molecule has 3 fully saturated rings. The fourth-order valence-corrected chi connectivity index (χ4v) is 8.82. The molecular weight excluding hydrogens is 713 g/mol. The highest BCUT2D eigenvalue weighted by molar-refractivity contribution is 6.08. The fraction of sp³-hybridized carbons (Fsp3) is 0.732. The molecular formula is C41H62FN3O10. The van der Waals surface area contributed by atoms with Crippen LogP contribution in [-0.4, -0.2) is 118 Å². The van der Waals surface area contributed by atoms with Gasteiger partial charge >= 0.3 is 12.1 Å². The number of nitrogens with one attached hydrogen (secondary N) is 1. The van der Waals surface area contributed by atoms with E-state index in [9.17, 15) is 24.3 Å². The molecule has 14 heteroatoms. The summed E-state index contributed by atoms with van der Waals surface area (Å²) in [7, 11) is 1.40. The quantitative estimate of drug-likeness (QED) is 0.128. The normalized spacial score (nSPS) is 39.2. The molecule has 0 aliphatic carbocycles. The average molecular weight is 776 g/mol. The van der Waals surface area contributed by atoms with Gasteiger partial charge in [-0.15, -0.1) is 6.58 Å². The lowest BCUT2D eigenvalue weighted by molar-refractivity contribution is -0.290. The first-order valence-corrected chi connectivity index (χ1v) is 19.6. The van der Waals surface area contributed by atoms with E-state index >= 15 is 4.39 Å². The zero-order valence-electron chi connectivity index (χ0n) is 33.9. The zero-order valence-corrected chi connectivity index (χ0v) is 33.9. The van der Waals surface area contributed by atoms with E-state index in [0.717, 1.165) is 25.3 Å². The molecule has 4 heterocycles. The number of alkyl halides is 1. The first kappa shape index (κ1) is 44.4.